The standard InChI is InChI=1S/C13H27NO4.C12H23NO4.C12H19NO3.C10H21NO/c1-12(2)6-11(7-13(3,4)14(12)16)18-9-10(15)8-17-5;1-11(2)6-9(17-8-10(14)16-5)7-12(3,4)13(11)15;1-6-10(14)16-9-7-11(2,3)13(15)12(4,5)8-9;1-8-6-9(2,3)11(12)10(4,5)7-8/h10-11,15-16H,6-9H2,1-5H3;9,15H,6-8H2,1-5H3;1,9,15H,7-8H2,2-5H3;8,12H,6-7H2,1-5H3. The Hall–Kier alpha value is -1.98. The van der Waals surface area contributed by atoms with Gasteiger partial charge in [-0.25, -0.2) is 9.59 Å². The third-order valence-corrected chi connectivity index (χ3v) is 12.6. The van der Waals surface area contributed by atoms with Gasteiger partial charge in [0.05, 0.1) is 32.5 Å². The summed E-state index contributed by atoms with van der Waals surface area (Å²) in [5.74, 6) is 1.64. The summed E-state index contributed by atoms with van der Waals surface area (Å²) in [6.07, 6.45) is 10.3. The summed E-state index contributed by atoms with van der Waals surface area (Å²) in [6, 6.07) is 0. The van der Waals surface area contributed by atoms with Gasteiger partial charge in [-0.2, -0.15) is 20.3 Å². The fourth-order valence-corrected chi connectivity index (χ4v) is 10.5. The van der Waals surface area contributed by atoms with Gasteiger partial charge in [-0.1, -0.05) is 6.92 Å². The summed E-state index contributed by atoms with van der Waals surface area (Å²) in [5, 5.41) is 55.4. The van der Waals surface area contributed by atoms with Gasteiger partial charge in [-0.15, -0.1) is 6.42 Å². The summed E-state index contributed by atoms with van der Waals surface area (Å²) < 4.78 is 25.8. The van der Waals surface area contributed by atoms with E-state index in [1.165, 1.54) is 27.4 Å². The van der Waals surface area contributed by atoms with Crippen molar-refractivity contribution in [3.8, 4) is 12.3 Å². The van der Waals surface area contributed by atoms with Gasteiger partial charge in [-0.05, 0) is 155 Å². The Morgan fingerprint density at radius 2 is 0.857 bits per heavy atom. The van der Waals surface area contributed by atoms with Gasteiger partial charge in [0, 0.05) is 70.2 Å². The van der Waals surface area contributed by atoms with Crippen molar-refractivity contribution >= 4 is 11.9 Å². The smallest absolute Gasteiger partial charge is 0.384 e. The summed E-state index contributed by atoms with van der Waals surface area (Å²) in [4.78, 5) is 22.1. The van der Waals surface area contributed by atoms with Gasteiger partial charge < -0.3 is 49.6 Å². The minimum Gasteiger partial charge on any atom is -0.467 e. The second-order valence-electron chi connectivity index (χ2n) is 23.2. The topological polar surface area (TPSA) is 194 Å². The van der Waals surface area contributed by atoms with Crippen molar-refractivity contribution in [2.45, 2.75) is 238 Å². The van der Waals surface area contributed by atoms with Crippen molar-refractivity contribution in [1.29, 1.82) is 0 Å². The highest BCUT2D eigenvalue weighted by Crippen LogP contribution is 2.41. The lowest BCUT2D eigenvalue weighted by Crippen LogP contribution is -2.60. The summed E-state index contributed by atoms with van der Waals surface area (Å²) >= 11 is 0. The van der Waals surface area contributed by atoms with Crippen LogP contribution in [-0.4, -0.2) is 161 Å². The number of carbonyl (C=O) groups excluding carboxylic acids is 2. The van der Waals surface area contributed by atoms with E-state index in [1.807, 2.05) is 89.0 Å². The Morgan fingerprint density at radius 1 is 0.556 bits per heavy atom. The summed E-state index contributed by atoms with van der Waals surface area (Å²) in [7, 11) is 2.90. The second kappa shape index (κ2) is 22.7. The lowest BCUT2D eigenvalue weighted by molar-refractivity contribution is -0.262. The van der Waals surface area contributed by atoms with E-state index in [0.717, 1.165) is 25.7 Å². The van der Waals surface area contributed by atoms with Gasteiger partial charge >= 0.3 is 11.9 Å². The van der Waals surface area contributed by atoms with Crippen molar-refractivity contribution in [2.75, 3.05) is 34.0 Å². The first-order chi connectivity index (χ1) is 28.3. The maximum atomic E-state index is 11.0. The number of piperidine rings is 4. The van der Waals surface area contributed by atoms with Crippen LogP contribution in [0.1, 0.15) is 169 Å². The lowest BCUT2D eigenvalue weighted by atomic mass is 9.76. The molecule has 4 rings (SSSR count). The zero-order valence-electron chi connectivity index (χ0n) is 42.6. The SMILES string of the molecule is C#CC(=O)OC1CC(C)(C)N(O)C(C)(C)C1.CC1CC(C)(C)N(O)C(C)(C)C1.COC(=O)COC1CC(C)(C)N(O)C(C)(C)C1.COCC(O)COC1CC(C)(C)N(O)C(C)(C)C1. The van der Waals surface area contributed by atoms with Gasteiger partial charge in [0.2, 0.25) is 0 Å². The van der Waals surface area contributed by atoms with E-state index in [-0.39, 0.29) is 77.3 Å². The van der Waals surface area contributed by atoms with Gasteiger partial charge in [0.25, 0.3) is 0 Å². The molecule has 4 saturated heterocycles. The molecule has 0 aromatic carbocycles. The number of aliphatic hydroxyl groups excluding tert-OH is 1. The number of rotatable bonds is 9. The predicted octanol–water partition coefficient (Wildman–Crippen LogP) is 7.25. The molecule has 0 aliphatic carbocycles. The Balaban J connectivity index is 0.000000424. The molecule has 370 valence electrons. The number of ether oxygens (including phenoxy) is 5. The molecule has 4 fully saturated rings. The number of hydrogen-bond acceptors (Lipinski definition) is 16. The molecule has 0 saturated carbocycles. The number of hydroxylamine groups is 8. The van der Waals surface area contributed by atoms with E-state index < -0.39 is 23.2 Å². The molecule has 5 N–H and O–H groups in total. The Bertz CT molecular complexity index is 1420. The molecule has 0 amide bonds. The maximum absolute atomic E-state index is 11.0. The van der Waals surface area contributed by atoms with Crippen molar-refractivity contribution in [3.05, 3.63) is 0 Å². The van der Waals surface area contributed by atoms with Crippen LogP contribution in [0.3, 0.4) is 0 Å². The quantitative estimate of drug-likeness (QED) is 0.0882. The number of carbonyl (C=O) groups is 2. The van der Waals surface area contributed by atoms with E-state index in [0.29, 0.717) is 31.6 Å². The molecule has 0 radical (unpaired) electrons. The fraction of sp³-hybridized carbons (Fsp3) is 0.915. The van der Waals surface area contributed by atoms with Gasteiger partial charge in [0.15, 0.2) is 0 Å². The van der Waals surface area contributed by atoms with E-state index in [9.17, 15) is 35.5 Å². The molecule has 0 aromatic rings. The number of aliphatic hydroxyl groups is 1. The van der Waals surface area contributed by atoms with Crippen LogP contribution < -0.4 is 0 Å². The van der Waals surface area contributed by atoms with E-state index >= 15 is 0 Å². The van der Waals surface area contributed by atoms with Crippen LogP contribution in [-0.2, 0) is 33.3 Å². The average molecular weight is 903 g/mol. The number of terminal acetylenes is 1. The molecule has 16 heteroatoms. The van der Waals surface area contributed by atoms with Gasteiger partial charge in [0.1, 0.15) is 18.8 Å². The molecule has 1 unspecified atom stereocenters. The first-order valence-corrected chi connectivity index (χ1v) is 22.4. The molecular formula is C47H90N4O12. The molecule has 63 heavy (non-hydrogen) atoms. The third-order valence-electron chi connectivity index (χ3n) is 12.6. The van der Waals surface area contributed by atoms with E-state index in [1.54, 1.807) is 7.11 Å². The van der Waals surface area contributed by atoms with Crippen LogP contribution in [0.25, 0.3) is 0 Å². The monoisotopic (exact) mass is 903 g/mol. The fourth-order valence-electron chi connectivity index (χ4n) is 10.5. The normalized spacial score (nSPS) is 26.2. The number of methoxy groups -OCH3 is 2. The number of esters is 2. The molecule has 0 aromatic heterocycles. The van der Waals surface area contributed by atoms with Crippen molar-refractivity contribution in [3.63, 3.8) is 0 Å². The number of hydrogen-bond donors (Lipinski definition) is 5. The first kappa shape index (κ1) is 59.0. The predicted molar refractivity (Wildman–Crippen MR) is 241 cm³/mol. The Labute approximate surface area is 380 Å². The first-order valence-electron chi connectivity index (χ1n) is 22.4. The summed E-state index contributed by atoms with van der Waals surface area (Å²) in [5.41, 5.74) is -2.35. The highest BCUT2D eigenvalue weighted by molar-refractivity contribution is 5.87. The van der Waals surface area contributed by atoms with Crippen molar-refractivity contribution in [1.82, 2.24) is 20.3 Å². The number of nitrogens with zero attached hydrogens (tertiary/aromatic N) is 4. The molecule has 4 aliphatic rings. The minimum atomic E-state index is -0.636. The van der Waals surface area contributed by atoms with Crippen LogP contribution >= 0.6 is 0 Å². The zero-order valence-corrected chi connectivity index (χ0v) is 42.6. The maximum Gasteiger partial charge on any atom is 0.384 e. The lowest BCUT2D eigenvalue weighted by Gasteiger charge is -2.51. The highest BCUT2D eigenvalue weighted by Gasteiger charge is 2.48. The van der Waals surface area contributed by atoms with Crippen LogP contribution in [0.15, 0.2) is 0 Å². The largest absolute Gasteiger partial charge is 0.467 e. The van der Waals surface area contributed by atoms with E-state index in [4.69, 9.17) is 25.4 Å². The van der Waals surface area contributed by atoms with Crippen LogP contribution in [0.5, 0.6) is 0 Å². The van der Waals surface area contributed by atoms with Crippen LogP contribution in [0, 0.1) is 18.3 Å². The molecule has 0 spiro atoms. The average Bonchev–Trinajstić information content (AvgIpc) is 3.12. The van der Waals surface area contributed by atoms with Crippen LogP contribution in [0.4, 0.5) is 0 Å². The Morgan fingerprint density at radius 3 is 1.16 bits per heavy atom. The molecule has 1 atom stereocenters. The summed E-state index contributed by atoms with van der Waals surface area (Å²) in [6.45, 7) is 34.7. The molecule has 16 nitrogen and oxygen atoms in total. The highest BCUT2D eigenvalue weighted by atomic mass is 16.6. The second-order valence-corrected chi connectivity index (χ2v) is 23.2. The van der Waals surface area contributed by atoms with Crippen LogP contribution in [0.2, 0.25) is 0 Å². The molecular weight excluding hydrogens is 813 g/mol. The Kier molecular flexibility index (Phi) is 21.2. The third kappa shape index (κ3) is 17.6. The minimum absolute atomic E-state index is 0.0290. The zero-order chi connectivity index (χ0) is 49.4. The van der Waals surface area contributed by atoms with Crippen molar-refractivity contribution < 1.29 is 59.2 Å². The molecule has 0 bridgehead atoms. The molecule has 4 aliphatic heterocycles. The molecule has 4 heterocycles. The van der Waals surface area contributed by atoms with Crippen molar-refractivity contribution in [2.24, 2.45) is 5.92 Å². The van der Waals surface area contributed by atoms with Gasteiger partial charge in [-0.3, -0.25) is 0 Å². The van der Waals surface area contributed by atoms with E-state index in [2.05, 4.69) is 39.4 Å².